The SMILES string of the molecule is CC(=O)[C@@H]1C[C@@H](O)[C@@H]2[C@@H]3CCC4=CC(=O)CC[C@]4(C)[C@H]3C[C@H](O)[C@@]21C. The van der Waals surface area contributed by atoms with E-state index >= 15 is 0 Å². The highest BCUT2D eigenvalue weighted by molar-refractivity contribution is 5.91. The van der Waals surface area contributed by atoms with Gasteiger partial charge in [0, 0.05) is 17.8 Å². The molecule has 0 aromatic rings. The monoisotopic (exact) mass is 346 g/mol. The van der Waals surface area contributed by atoms with Crippen molar-refractivity contribution in [3.8, 4) is 0 Å². The van der Waals surface area contributed by atoms with Crippen LogP contribution >= 0.6 is 0 Å². The fourth-order valence-electron chi connectivity index (χ4n) is 7.20. The first-order valence-corrected chi connectivity index (χ1v) is 9.80. The maximum Gasteiger partial charge on any atom is 0.155 e. The predicted octanol–water partition coefficient (Wildman–Crippen LogP) is 2.67. The third-order valence-corrected chi connectivity index (χ3v) is 8.55. The molecule has 0 amide bonds. The number of hydrogen-bond donors (Lipinski definition) is 2. The smallest absolute Gasteiger partial charge is 0.155 e. The number of fused-ring (bicyclic) bond motifs is 5. The molecule has 0 bridgehead atoms. The zero-order valence-electron chi connectivity index (χ0n) is 15.5. The summed E-state index contributed by atoms with van der Waals surface area (Å²) in [5.74, 6) is 0.654. The first-order valence-electron chi connectivity index (χ1n) is 9.80. The molecular weight excluding hydrogens is 316 g/mol. The van der Waals surface area contributed by atoms with Gasteiger partial charge in [0.15, 0.2) is 5.78 Å². The van der Waals surface area contributed by atoms with Crippen molar-refractivity contribution < 1.29 is 19.8 Å². The number of hydrogen-bond acceptors (Lipinski definition) is 4. The second kappa shape index (κ2) is 5.50. The number of rotatable bonds is 1. The van der Waals surface area contributed by atoms with E-state index in [0.29, 0.717) is 25.2 Å². The summed E-state index contributed by atoms with van der Waals surface area (Å²) >= 11 is 0. The Morgan fingerprint density at radius 2 is 1.92 bits per heavy atom. The molecule has 138 valence electrons. The summed E-state index contributed by atoms with van der Waals surface area (Å²) in [6, 6.07) is 0. The van der Waals surface area contributed by atoms with Crippen LogP contribution in [0.5, 0.6) is 0 Å². The average molecular weight is 346 g/mol. The van der Waals surface area contributed by atoms with Crippen LogP contribution in [-0.4, -0.2) is 34.0 Å². The standard InChI is InChI=1S/C21H30O4/c1-11(22)15-9-17(24)19-14-5-4-12-8-13(23)6-7-20(12,2)16(14)10-18(25)21(15,19)3/h8,14-19,24-25H,4-7,9-10H2,1-3H3/t14-,15+,16+,17-,18+,19+,20+,21+/m1/s1. The topological polar surface area (TPSA) is 74.6 Å². The molecule has 0 heterocycles. The normalized spacial score (nSPS) is 52.0. The van der Waals surface area contributed by atoms with Crippen molar-refractivity contribution in [2.24, 2.45) is 34.5 Å². The molecule has 0 aromatic heterocycles. The van der Waals surface area contributed by atoms with E-state index in [0.717, 1.165) is 19.3 Å². The third-order valence-electron chi connectivity index (χ3n) is 8.55. The molecule has 25 heavy (non-hydrogen) atoms. The van der Waals surface area contributed by atoms with Gasteiger partial charge in [0.05, 0.1) is 12.2 Å². The summed E-state index contributed by atoms with van der Waals surface area (Å²) in [6.07, 6.45) is 5.21. The van der Waals surface area contributed by atoms with E-state index < -0.39 is 17.6 Å². The number of aliphatic hydroxyl groups excluding tert-OH is 2. The minimum Gasteiger partial charge on any atom is -0.393 e. The molecule has 0 saturated heterocycles. The Bertz CT molecular complexity index is 652. The van der Waals surface area contributed by atoms with Gasteiger partial charge in [-0.25, -0.2) is 0 Å². The van der Waals surface area contributed by atoms with Crippen molar-refractivity contribution in [1.82, 2.24) is 0 Å². The number of aliphatic hydroxyl groups is 2. The van der Waals surface area contributed by atoms with Gasteiger partial charge in [0.25, 0.3) is 0 Å². The molecule has 3 saturated carbocycles. The van der Waals surface area contributed by atoms with Crippen LogP contribution in [0.15, 0.2) is 11.6 Å². The number of allylic oxidation sites excluding steroid dienone is 1. The Kier molecular flexibility index (Phi) is 3.83. The van der Waals surface area contributed by atoms with Gasteiger partial charge in [-0.1, -0.05) is 19.4 Å². The third kappa shape index (κ3) is 2.19. The molecular formula is C21H30O4. The molecule has 4 aliphatic rings. The fraction of sp³-hybridized carbons (Fsp3) is 0.810. The van der Waals surface area contributed by atoms with Crippen LogP contribution in [0.3, 0.4) is 0 Å². The largest absolute Gasteiger partial charge is 0.393 e. The minimum absolute atomic E-state index is 0.0221. The van der Waals surface area contributed by atoms with Crippen LogP contribution in [0.25, 0.3) is 0 Å². The quantitative estimate of drug-likeness (QED) is 0.765. The first-order chi connectivity index (χ1) is 11.7. The Labute approximate surface area is 149 Å². The van der Waals surface area contributed by atoms with E-state index in [2.05, 4.69) is 6.92 Å². The van der Waals surface area contributed by atoms with Crippen LogP contribution < -0.4 is 0 Å². The second-order valence-electron chi connectivity index (χ2n) is 9.47. The van der Waals surface area contributed by atoms with Gasteiger partial charge in [-0.15, -0.1) is 0 Å². The summed E-state index contributed by atoms with van der Waals surface area (Å²) in [7, 11) is 0. The molecule has 4 rings (SSSR count). The Morgan fingerprint density at radius 1 is 1.20 bits per heavy atom. The van der Waals surface area contributed by atoms with E-state index in [1.54, 1.807) is 6.92 Å². The molecule has 0 aliphatic heterocycles. The highest BCUT2D eigenvalue weighted by Gasteiger charge is 2.65. The van der Waals surface area contributed by atoms with Crippen LogP contribution in [0.4, 0.5) is 0 Å². The lowest BCUT2D eigenvalue weighted by molar-refractivity contribution is -0.157. The fourth-order valence-corrected chi connectivity index (χ4v) is 7.20. The number of carbonyl (C=O) groups excluding carboxylic acids is 2. The zero-order valence-corrected chi connectivity index (χ0v) is 15.5. The lowest BCUT2D eigenvalue weighted by Crippen LogP contribution is -2.58. The van der Waals surface area contributed by atoms with Crippen molar-refractivity contribution in [2.45, 2.75) is 71.5 Å². The molecule has 3 fully saturated rings. The summed E-state index contributed by atoms with van der Waals surface area (Å²) in [4.78, 5) is 24.1. The Hall–Kier alpha value is -1.00. The lowest BCUT2D eigenvalue weighted by atomic mass is 9.45. The highest BCUT2D eigenvalue weighted by atomic mass is 16.3. The van der Waals surface area contributed by atoms with Crippen molar-refractivity contribution in [3.63, 3.8) is 0 Å². The summed E-state index contributed by atoms with van der Waals surface area (Å²) in [6.45, 7) is 5.87. The van der Waals surface area contributed by atoms with E-state index in [1.807, 2.05) is 13.0 Å². The predicted molar refractivity (Wildman–Crippen MR) is 93.7 cm³/mol. The Morgan fingerprint density at radius 3 is 2.60 bits per heavy atom. The first kappa shape index (κ1) is 17.4. The molecule has 0 unspecified atom stereocenters. The second-order valence-corrected chi connectivity index (χ2v) is 9.47. The molecule has 8 atom stereocenters. The summed E-state index contributed by atoms with van der Waals surface area (Å²) in [5.41, 5.74) is 0.679. The van der Waals surface area contributed by atoms with Gasteiger partial charge in [-0.3, -0.25) is 9.59 Å². The van der Waals surface area contributed by atoms with E-state index in [-0.39, 0.29) is 34.7 Å². The van der Waals surface area contributed by atoms with Crippen LogP contribution in [0.1, 0.15) is 59.3 Å². The number of Topliss-reactive ketones (excluding diaryl/α,β-unsaturated/α-hetero) is 1. The number of carbonyl (C=O) groups is 2. The zero-order chi connectivity index (χ0) is 18.1. The minimum atomic E-state index is -0.571. The van der Waals surface area contributed by atoms with Gasteiger partial charge in [-0.05, 0) is 68.3 Å². The molecule has 0 radical (unpaired) electrons. The lowest BCUT2D eigenvalue weighted by Gasteiger charge is -2.59. The van der Waals surface area contributed by atoms with E-state index in [4.69, 9.17) is 0 Å². The van der Waals surface area contributed by atoms with E-state index in [1.165, 1.54) is 5.57 Å². The molecule has 0 aromatic carbocycles. The van der Waals surface area contributed by atoms with Crippen molar-refractivity contribution in [1.29, 1.82) is 0 Å². The average Bonchev–Trinajstić information content (AvgIpc) is 2.82. The van der Waals surface area contributed by atoms with Crippen LogP contribution in [-0.2, 0) is 9.59 Å². The molecule has 4 aliphatic carbocycles. The van der Waals surface area contributed by atoms with Crippen molar-refractivity contribution in [3.05, 3.63) is 11.6 Å². The number of ketones is 2. The Balaban J connectivity index is 1.75. The van der Waals surface area contributed by atoms with E-state index in [9.17, 15) is 19.8 Å². The summed E-state index contributed by atoms with van der Waals surface area (Å²) < 4.78 is 0. The van der Waals surface area contributed by atoms with Crippen LogP contribution in [0, 0.1) is 34.5 Å². The molecule has 0 spiro atoms. The molecule has 4 nitrogen and oxygen atoms in total. The van der Waals surface area contributed by atoms with Gasteiger partial charge in [0.1, 0.15) is 5.78 Å². The molecule has 2 N–H and O–H groups in total. The van der Waals surface area contributed by atoms with Gasteiger partial charge in [0.2, 0.25) is 0 Å². The van der Waals surface area contributed by atoms with Crippen molar-refractivity contribution in [2.75, 3.05) is 0 Å². The van der Waals surface area contributed by atoms with Gasteiger partial charge in [-0.2, -0.15) is 0 Å². The van der Waals surface area contributed by atoms with Gasteiger partial charge < -0.3 is 10.2 Å². The maximum atomic E-state index is 12.2. The van der Waals surface area contributed by atoms with Gasteiger partial charge >= 0.3 is 0 Å². The maximum absolute atomic E-state index is 12.2. The van der Waals surface area contributed by atoms with Crippen LogP contribution in [0.2, 0.25) is 0 Å². The highest BCUT2D eigenvalue weighted by Crippen LogP contribution is 2.66. The molecule has 4 heteroatoms. The summed E-state index contributed by atoms with van der Waals surface area (Å²) in [5, 5.41) is 22.0. The van der Waals surface area contributed by atoms with Crippen molar-refractivity contribution >= 4 is 11.6 Å².